The number of aromatic nitrogens is 1. The normalized spacial score (nSPS) is 9.72. The van der Waals surface area contributed by atoms with Crippen molar-refractivity contribution in [2.45, 2.75) is 13.5 Å². The quantitative estimate of drug-likeness (QED) is 0.935. The van der Waals surface area contributed by atoms with Crippen LogP contribution in [0.3, 0.4) is 0 Å². The van der Waals surface area contributed by atoms with Gasteiger partial charge in [-0.05, 0) is 36.8 Å². The van der Waals surface area contributed by atoms with Gasteiger partial charge in [-0.3, -0.25) is 0 Å². The largest absolute Gasteiger partial charge is 0.439 e. The molecule has 0 spiro atoms. The second-order valence-corrected chi connectivity index (χ2v) is 4.17. The number of hydrogen-bond acceptors (Lipinski definition) is 3. The fraction of sp³-hybridized carbons (Fsp3) is 0.154. The maximum absolute atomic E-state index is 5.88. The van der Waals surface area contributed by atoms with Gasteiger partial charge in [0, 0.05) is 23.3 Å². The third-order valence-electron chi connectivity index (χ3n) is 2.33. The SMILES string of the molecule is Cc1cc(CN)cnc1Oc1cccc(Cl)c1.Cl. The predicted octanol–water partition coefficient (Wildman–Crippen LogP) is 3.72. The summed E-state index contributed by atoms with van der Waals surface area (Å²) in [4.78, 5) is 4.23. The van der Waals surface area contributed by atoms with E-state index in [1.165, 1.54) is 0 Å². The number of nitrogens with two attached hydrogens (primary N) is 1. The molecule has 0 atom stereocenters. The molecule has 0 bridgehead atoms. The van der Waals surface area contributed by atoms with Crippen LogP contribution in [0, 0.1) is 6.92 Å². The molecular formula is C13H14Cl2N2O. The summed E-state index contributed by atoms with van der Waals surface area (Å²) in [6.07, 6.45) is 1.72. The van der Waals surface area contributed by atoms with Crippen LogP contribution in [0.1, 0.15) is 11.1 Å². The first kappa shape index (κ1) is 14.8. The highest BCUT2D eigenvalue weighted by Gasteiger charge is 2.04. The number of hydrogen-bond donors (Lipinski definition) is 1. The van der Waals surface area contributed by atoms with Gasteiger partial charge in [0.2, 0.25) is 5.88 Å². The van der Waals surface area contributed by atoms with Crippen molar-refractivity contribution >= 4 is 24.0 Å². The fourth-order valence-electron chi connectivity index (χ4n) is 1.48. The summed E-state index contributed by atoms with van der Waals surface area (Å²) in [5.41, 5.74) is 7.48. The minimum atomic E-state index is 0. The second-order valence-electron chi connectivity index (χ2n) is 3.73. The third kappa shape index (κ3) is 3.60. The summed E-state index contributed by atoms with van der Waals surface area (Å²) in [5, 5.41) is 0.638. The topological polar surface area (TPSA) is 48.1 Å². The Hall–Kier alpha value is -1.29. The molecule has 0 aliphatic rings. The van der Waals surface area contributed by atoms with Gasteiger partial charge in [-0.1, -0.05) is 17.7 Å². The van der Waals surface area contributed by atoms with E-state index in [1.54, 1.807) is 18.3 Å². The van der Waals surface area contributed by atoms with Crippen LogP contribution in [-0.2, 0) is 6.54 Å². The molecule has 0 aliphatic carbocycles. The second kappa shape index (κ2) is 6.59. The zero-order valence-electron chi connectivity index (χ0n) is 9.89. The molecule has 2 aromatic rings. The van der Waals surface area contributed by atoms with E-state index in [0.29, 0.717) is 23.2 Å². The van der Waals surface area contributed by atoms with Gasteiger partial charge in [0.1, 0.15) is 5.75 Å². The maximum Gasteiger partial charge on any atom is 0.222 e. The van der Waals surface area contributed by atoms with Gasteiger partial charge in [-0.25, -0.2) is 4.98 Å². The molecule has 0 fully saturated rings. The Morgan fingerprint density at radius 1 is 1.33 bits per heavy atom. The Morgan fingerprint density at radius 2 is 2.11 bits per heavy atom. The van der Waals surface area contributed by atoms with Crippen LogP contribution in [0.5, 0.6) is 11.6 Å². The Balaban J connectivity index is 0.00000162. The molecule has 2 rings (SSSR count). The molecule has 1 heterocycles. The number of ether oxygens (including phenoxy) is 1. The van der Waals surface area contributed by atoms with Gasteiger partial charge in [0.05, 0.1) is 0 Å². The standard InChI is InChI=1S/C13H13ClN2O.ClH/c1-9-5-10(7-15)8-16-13(9)17-12-4-2-3-11(14)6-12;/h2-6,8H,7,15H2,1H3;1H. The molecule has 1 aromatic carbocycles. The lowest BCUT2D eigenvalue weighted by Crippen LogP contribution is -1.99. The molecule has 0 aliphatic heterocycles. The third-order valence-corrected chi connectivity index (χ3v) is 2.57. The molecule has 1 aromatic heterocycles. The summed E-state index contributed by atoms with van der Waals surface area (Å²) in [5.74, 6) is 1.25. The van der Waals surface area contributed by atoms with E-state index in [0.717, 1.165) is 11.1 Å². The van der Waals surface area contributed by atoms with E-state index >= 15 is 0 Å². The van der Waals surface area contributed by atoms with E-state index in [1.807, 2.05) is 25.1 Å². The molecule has 0 radical (unpaired) electrons. The smallest absolute Gasteiger partial charge is 0.222 e. The van der Waals surface area contributed by atoms with Crippen molar-refractivity contribution < 1.29 is 4.74 Å². The molecule has 0 unspecified atom stereocenters. The van der Waals surface area contributed by atoms with Gasteiger partial charge in [0.25, 0.3) is 0 Å². The van der Waals surface area contributed by atoms with Crippen LogP contribution in [0.2, 0.25) is 5.02 Å². The van der Waals surface area contributed by atoms with Crippen LogP contribution in [0.15, 0.2) is 36.5 Å². The van der Waals surface area contributed by atoms with Crippen LogP contribution < -0.4 is 10.5 Å². The predicted molar refractivity (Wildman–Crippen MR) is 75.6 cm³/mol. The van der Waals surface area contributed by atoms with E-state index in [-0.39, 0.29) is 12.4 Å². The van der Waals surface area contributed by atoms with Gasteiger partial charge in [0.15, 0.2) is 0 Å². The van der Waals surface area contributed by atoms with Crippen molar-refractivity contribution in [3.8, 4) is 11.6 Å². The average molecular weight is 285 g/mol. The fourth-order valence-corrected chi connectivity index (χ4v) is 1.66. The lowest BCUT2D eigenvalue weighted by atomic mass is 10.2. The van der Waals surface area contributed by atoms with E-state index < -0.39 is 0 Å². The Bertz CT molecular complexity index is 532. The monoisotopic (exact) mass is 284 g/mol. The first-order valence-electron chi connectivity index (χ1n) is 5.28. The molecule has 0 saturated carbocycles. The molecule has 0 saturated heterocycles. The lowest BCUT2D eigenvalue weighted by molar-refractivity contribution is 0.458. The molecule has 18 heavy (non-hydrogen) atoms. The molecule has 96 valence electrons. The summed E-state index contributed by atoms with van der Waals surface area (Å²) in [6, 6.07) is 9.18. The van der Waals surface area contributed by atoms with Crippen LogP contribution >= 0.6 is 24.0 Å². The van der Waals surface area contributed by atoms with E-state index in [4.69, 9.17) is 22.1 Å². The zero-order chi connectivity index (χ0) is 12.3. The number of benzene rings is 1. The van der Waals surface area contributed by atoms with Crippen molar-refractivity contribution in [3.05, 3.63) is 52.7 Å². The van der Waals surface area contributed by atoms with Crippen LogP contribution in [0.4, 0.5) is 0 Å². The summed E-state index contributed by atoms with van der Waals surface area (Å²) in [6.45, 7) is 2.41. The summed E-state index contributed by atoms with van der Waals surface area (Å²) < 4.78 is 5.65. The summed E-state index contributed by atoms with van der Waals surface area (Å²) in [7, 11) is 0. The number of aryl methyl sites for hydroxylation is 1. The molecule has 2 N–H and O–H groups in total. The van der Waals surface area contributed by atoms with Crippen molar-refractivity contribution in [2.75, 3.05) is 0 Å². The maximum atomic E-state index is 5.88. The highest BCUT2D eigenvalue weighted by atomic mass is 35.5. The Morgan fingerprint density at radius 3 is 2.72 bits per heavy atom. The number of pyridine rings is 1. The van der Waals surface area contributed by atoms with Gasteiger partial charge in [-0.2, -0.15) is 0 Å². The van der Waals surface area contributed by atoms with Gasteiger partial charge < -0.3 is 10.5 Å². The molecule has 3 nitrogen and oxygen atoms in total. The highest BCUT2D eigenvalue weighted by molar-refractivity contribution is 6.30. The Labute approximate surface area is 117 Å². The molecule has 5 heteroatoms. The minimum absolute atomic E-state index is 0. The van der Waals surface area contributed by atoms with Crippen molar-refractivity contribution in [3.63, 3.8) is 0 Å². The van der Waals surface area contributed by atoms with Crippen LogP contribution in [-0.4, -0.2) is 4.98 Å². The number of nitrogens with zero attached hydrogens (tertiary/aromatic N) is 1. The minimum Gasteiger partial charge on any atom is -0.439 e. The number of rotatable bonds is 3. The molecule has 0 amide bonds. The first-order chi connectivity index (χ1) is 8.19. The average Bonchev–Trinajstić information content (AvgIpc) is 2.32. The van der Waals surface area contributed by atoms with Gasteiger partial charge in [-0.15, -0.1) is 12.4 Å². The number of halogens is 2. The van der Waals surface area contributed by atoms with Gasteiger partial charge >= 0.3 is 0 Å². The first-order valence-corrected chi connectivity index (χ1v) is 5.66. The van der Waals surface area contributed by atoms with Crippen molar-refractivity contribution in [2.24, 2.45) is 5.73 Å². The van der Waals surface area contributed by atoms with E-state index in [9.17, 15) is 0 Å². The lowest BCUT2D eigenvalue weighted by Gasteiger charge is -2.08. The Kier molecular flexibility index (Phi) is 5.41. The van der Waals surface area contributed by atoms with Crippen molar-refractivity contribution in [1.29, 1.82) is 0 Å². The highest BCUT2D eigenvalue weighted by Crippen LogP contribution is 2.25. The van der Waals surface area contributed by atoms with E-state index in [2.05, 4.69) is 4.98 Å². The molecular weight excluding hydrogens is 271 g/mol. The zero-order valence-corrected chi connectivity index (χ0v) is 11.5. The van der Waals surface area contributed by atoms with Crippen molar-refractivity contribution in [1.82, 2.24) is 4.98 Å². The summed E-state index contributed by atoms with van der Waals surface area (Å²) >= 11 is 5.88. The van der Waals surface area contributed by atoms with Crippen LogP contribution in [0.25, 0.3) is 0 Å².